The van der Waals surface area contributed by atoms with E-state index in [1.165, 1.54) is 11.8 Å². The Morgan fingerprint density at radius 2 is 1.78 bits per heavy atom. The number of nitrogens with two attached hydrogens (primary N) is 2. The number of hydrogen-bond acceptors (Lipinski definition) is 7. The zero-order valence-electron chi connectivity index (χ0n) is 19.3. The lowest BCUT2D eigenvalue weighted by Crippen LogP contribution is -2.60. The first-order valence-electron chi connectivity index (χ1n) is 11.3. The van der Waals surface area contributed by atoms with Gasteiger partial charge in [-0.25, -0.2) is 4.79 Å². The number of aliphatic hydroxyl groups excluding tert-OH is 1. The molecule has 1 heterocycles. The second kappa shape index (κ2) is 13.3. The number of nitrogens with zero attached hydrogens (tertiary/aromatic N) is 1. The van der Waals surface area contributed by atoms with Crippen LogP contribution in [0.4, 0.5) is 0 Å². The topological polar surface area (TPSA) is 188 Å². The molecule has 6 unspecified atom stereocenters. The molecule has 1 fully saturated rings. The van der Waals surface area contributed by atoms with Crippen LogP contribution in [0, 0.1) is 5.92 Å². The van der Waals surface area contributed by atoms with Gasteiger partial charge < -0.3 is 37.2 Å². The summed E-state index contributed by atoms with van der Waals surface area (Å²) in [5.74, 6) is -3.01. The molecule has 0 aromatic carbocycles. The molecule has 0 aliphatic carbocycles. The second-order valence-corrected chi connectivity index (χ2v) is 8.51. The third-order valence-corrected chi connectivity index (χ3v) is 6.00. The number of carboxylic acids is 1. The monoisotopic (exact) mass is 457 g/mol. The Labute approximate surface area is 189 Å². The molecule has 1 aliphatic heterocycles. The van der Waals surface area contributed by atoms with Crippen molar-refractivity contribution in [3.05, 3.63) is 0 Å². The zero-order chi connectivity index (χ0) is 24.4. The summed E-state index contributed by atoms with van der Waals surface area (Å²) in [5, 5.41) is 24.6. The van der Waals surface area contributed by atoms with Crippen LogP contribution in [0.25, 0.3) is 0 Å². The fourth-order valence-electron chi connectivity index (χ4n) is 3.67. The zero-order valence-corrected chi connectivity index (χ0v) is 19.3. The molecule has 11 nitrogen and oxygen atoms in total. The van der Waals surface area contributed by atoms with Crippen molar-refractivity contribution in [3.8, 4) is 0 Å². The van der Waals surface area contributed by atoms with Gasteiger partial charge in [0.2, 0.25) is 17.7 Å². The lowest BCUT2D eigenvalue weighted by molar-refractivity contribution is -0.149. The van der Waals surface area contributed by atoms with Gasteiger partial charge in [-0.05, 0) is 51.5 Å². The summed E-state index contributed by atoms with van der Waals surface area (Å²) >= 11 is 0. The van der Waals surface area contributed by atoms with Crippen LogP contribution >= 0.6 is 0 Å². The molecule has 184 valence electrons. The Balaban J connectivity index is 2.97. The van der Waals surface area contributed by atoms with Crippen molar-refractivity contribution in [1.29, 1.82) is 0 Å². The highest BCUT2D eigenvalue weighted by Crippen LogP contribution is 2.20. The maximum atomic E-state index is 13.1. The molecular formula is C21H39N5O6. The molecule has 1 rings (SSSR count). The standard InChI is InChI=1S/C21H39N5O6/c1-4-12(2)16(23)18(28)25-17(13(3)27)19(29)24-14(8-5-6-10-22)20(30)26-11-7-9-15(26)21(31)32/h12-17,27H,4-11,22-23H2,1-3H3,(H,24,29)(H,25,28)(H,31,32). The highest BCUT2D eigenvalue weighted by molar-refractivity contribution is 5.94. The van der Waals surface area contributed by atoms with E-state index in [1.807, 2.05) is 13.8 Å². The summed E-state index contributed by atoms with van der Waals surface area (Å²) in [7, 11) is 0. The molecule has 0 aromatic heterocycles. The summed E-state index contributed by atoms with van der Waals surface area (Å²) in [6, 6.07) is -4.08. The number of hydrogen-bond donors (Lipinski definition) is 6. The minimum atomic E-state index is -1.31. The van der Waals surface area contributed by atoms with Crippen molar-refractivity contribution in [3.63, 3.8) is 0 Å². The highest BCUT2D eigenvalue weighted by atomic mass is 16.4. The van der Waals surface area contributed by atoms with Crippen LogP contribution in [-0.2, 0) is 19.2 Å². The molecule has 1 aliphatic rings. The van der Waals surface area contributed by atoms with Crippen LogP contribution < -0.4 is 22.1 Å². The van der Waals surface area contributed by atoms with Gasteiger partial charge in [0.15, 0.2) is 0 Å². The van der Waals surface area contributed by atoms with E-state index in [2.05, 4.69) is 10.6 Å². The number of carbonyl (C=O) groups is 4. The van der Waals surface area contributed by atoms with Crippen LogP contribution in [0.1, 0.15) is 59.3 Å². The van der Waals surface area contributed by atoms with Gasteiger partial charge in [-0.1, -0.05) is 20.3 Å². The summed E-state index contributed by atoms with van der Waals surface area (Å²) in [5.41, 5.74) is 11.5. The Morgan fingerprint density at radius 3 is 2.31 bits per heavy atom. The SMILES string of the molecule is CCC(C)C(N)C(=O)NC(C(=O)NC(CCCCN)C(=O)N1CCCC1C(=O)O)C(C)O. The Bertz CT molecular complexity index is 659. The fourth-order valence-corrected chi connectivity index (χ4v) is 3.67. The summed E-state index contributed by atoms with van der Waals surface area (Å²) < 4.78 is 0. The number of carbonyl (C=O) groups excluding carboxylic acids is 3. The van der Waals surface area contributed by atoms with Crippen LogP contribution in [0.3, 0.4) is 0 Å². The van der Waals surface area contributed by atoms with Gasteiger partial charge in [0.1, 0.15) is 18.1 Å². The first-order valence-corrected chi connectivity index (χ1v) is 11.3. The van der Waals surface area contributed by atoms with Crippen LogP contribution in [0.2, 0.25) is 0 Å². The normalized spacial score (nSPS) is 20.7. The van der Waals surface area contributed by atoms with Crippen molar-refractivity contribution in [2.24, 2.45) is 17.4 Å². The van der Waals surface area contributed by atoms with E-state index in [1.54, 1.807) is 0 Å². The lowest BCUT2D eigenvalue weighted by atomic mass is 9.98. The molecule has 0 radical (unpaired) electrons. The number of unbranched alkanes of at least 4 members (excludes halogenated alkanes) is 1. The number of amides is 3. The first kappa shape index (κ1) is 27.8. The largest absolute Gasteiger partial charge is 0.480 e. The molecular weight excluding hydrogens is 418 g/mol. The van der Waals surface area contributed by atoms with E-state index >= 15 is 0 Å². The van der Waals surface area contributed by atoms with Gasteiger partial charge in [0.05, 0.1) is 12.1 Å². The predicted molar refractivity (Wildman–Crippen MR) is 118 cm³/mol. The Hall–Kier alpha value is -2.24. The molecule has 0 aromatic rings. The van der Waals surface area contributed by atoms with Crippen molar-refractivity contribution in [2.45, 2.75) is 89.6 Å². The van der Waals surface area contributed by atoms with E-state index < -0.39 is 54.0 Å². The molecule has 0 spiro atoms. The number of carboxylic acid groups (broad SMARTS) is 1. The minimum absolute atomic E-state index is 0.124. The molecule has 11 heteroatoms. The van der Waals surface area contributed by atoms with Crippen molar-refractivity contribution in [2.75, 3.05) is 13.1 Å². The van der Waals surface area contributed by atoms with E-state index in [9.17, 15) is 29.4 Å². The number of rotatable bonds is 13. The third-order valence-electron chi connectivity index (χ3n) is 6.00. The van der Waals surface area contributed by atoms with Crippen LogP contribution in [-0.4, -0.2) is 82.2 Å². The third kappa shape index (κ3) is 7.72. The molecule has 32 heavy (non-hydrogen) atoms. The number of likely N-dealkylation sites (tertiary alicyclic amines) is 1. The summed E-state index contributed by atoms with van der Waals surface area (Å²) in [6.45, 7) is 5.75. The predicted octanol–water partition coefficient (Wildman–Crippen LogP) is -1.09. The molecule has 8 N–H and O–H groups in total. The second-order valence-electron chi connectivity index (χ2n) is 8.51. The number of aliphatic carboxylic acids is 1. The van der Waals surface area contributed by atoms with Crippen LogP contribution in [0.5, 0.6) is 0 Å². The first-order chi connectivity index (χ1) is 15.0. The van der Waals surface area contributed by atoms with Gasteiger partial charge in [0, 0.05) is 6.54 Å². The van der Waals surface area contributed by atoms with Crippen molar-refractivity contribution in [1.82, 2.24) is 15.5 Å². The lowest BCUT2D eigenvalue weighted by Gasteiger charge is -2.30. The van der Waals surface area contributed by atoms with Gasteiger partial charge in [-0.15, -0.1) is 0 Å². The maximum absolute atomic E-state index is 13.1. The van der Waals surface area contributed by atoms with E-state index in [-0.39, 0.29) is 12.3 Å². The highest BCUT2D eigenvalue weighted by Gasteiger charge is 2.38. The average molecular weight is 458 g/mol. The Morgan fingerprint density at radius 1 is 1.12 bits per heavy atom. The Kier molecular flexibility index (Phi) is 11.6. The minimum Gasteiger partial charge on any atom is -0.480 e. The van der Waals surface area contributed by atoms with E-state index in [0.717, 1.165) is 0 Å². The molecule has 0 bridgehead atoms. The van der Waals surface area contributed by atoms with Gasteiger partial charge >= 0.3 is 5.97 Å². The van der Waals surface area contributed by atoms with E-state index in [0.29, 0.717) is 45.2 Å². The van der Waals surface area contributed by atoms with Gasteiger partial charge in [-0.3, -0.25) is 14.4 Å². The van der Waals surface area contributed by atoms with Gasteiger partial charge in [0.25, 0.3) is 0 Å². The fraction of sp³-hybridized carbons (Fsp3) is 0.810. The molecule has 6 atom stereocenters. The van der Waals surface area contributed by atoms with Gasteiger partial charge in [-0.2, -0.15) is 0 Å². The smallest absolute Gasteiger partial charge is 0.326 e. The summed E-state index contributed by atoms with van der Waals surface area (Å²) in [4.78, 5) is 51.2. The number of aliphatic hydroxyl groups is 1. The van der Waals surface area contributed by atoms with E-state index in [4.69, 9.17) is 11.5 Å². The maximum Gasteiger partial charge on any atom is 0.326 e. The van der Waals surface area contributed by atoms with Crippen molar-refractivity contribution < 1.29 is 29.4 Å². The quantitative estimate of drug-likeness (QED) is 0.188. The van der Waals surface area contributed by atoms with Crippen molar-refractivity contribution >= 4 is 23.7 Å². The molecule has 0 saturated carbocycles. The molecule has 3 amide bonds. The average Bonchev–Trinajstić information content (AvgIpc) is 3.25. The van der Waals surface area contributed by atoms with Crippen LogP contribution in [0.15, 0.2) is 0 Å². The summed E-state index contributed by atoms with van der Waals surface area (Å²) in [6.07, 6.45) is 1.78. The molecule has 1 saturated heterocycles. The number of nitrogens with one attached hydrogen (secondary N) is 2.